The predicted molar refractivity (Wildman–Crippen MR) is 78.2 cm³/mol. The monoisotopic (exact) mass is 341 g/mol. The average Bonchev–Trinajstić information content (AvgIpc) is 2.37. The van der Waals surface area contributed by atoms with Gasteiger partial charge in [-0.1, -0.05) is 17.7 Å². The Labute approximate surface area is 123 Å². The predicted octanol–water partition coefficient (Wildman–Crippen LogP) is 4.80. The van der Waals surface area contributed by atoms with E-state index >= 15 is 0 Å². The first-order valence-electron chi connectivity index (χ1n) is 5.50. The molecule has 0 aliphatic heterocycles. The topological polar surface area (TPSA) is 29.1 Å². The number of benzene rings is 2. The summed E-state index contributed by atoms with van der Waals surface area (Å²) in [7, 11) is 0. The second-order valence-corrected chi connectivity index (χ2v) is 5.30. The molecule has 0 fully saturated rings. The van der Waals surface area contributed by atoms with Gasteiger partial charge in [0.25, 0.3) is 5.91 Å². The maximum absolute atomic E-state index is 13.1. The Morgan fingerprint density at radius 1 is 1.26 bits per heavy atom. The highest BCUT2D eigenvalue weighted by Crippen LogP contribution is 2.24. The van der Waals surface area contributed by atoms with Crippen LogP contribution in [-0.2, 0) is 0 Å². The van der Waals surface area contributed by atoms with E-state index in [-0.39, 0.29) is 5.91 Å². The lowest BCUT2D eigenvalue weighted by Gasteiger charge is -2.09. The summed E-state index contributed by atoms with van der Waals surface area (Å²) in [4.78, 5) is 12.0. The summed E-state index contributed by atoms with van der Waals surface area (Å²) in [5.41, 5.74) is 1.69. The largest absolute Gasteiger partial charge is 0.322 e. The van der Waals surface area contributed by atoms with Gasteiger partial charge < -0.3 is 5.32 Å². The zero-order valence-electron chi connectivity index (χ0n) is 10.0. The van der Waals surface area contributed by atoms with E-state index in [0.29, 0.717) is 20.7 Å². The fourth-order valence-corrected chi connectivity index (χ4v) is 2.06. The van der Waals surface area contributed by atoms with Crippen molar-refractivity contribution in [1.82, 2.24) is 0 Å². The summed E-state index contributed by atoms with van der Waals surface area (Å²) in [5, 5.41) is 3.20. The van der Waals surface area contributed by atoms with Crippen molar-refractivity contribution in [2.24, 2.45) is 0 Å². The highest BCUT2D eigenvalue weighted by Gasteiger charge is 2.10. The quantitative estimate of drug-likeness (QED) is 0.834. The molecule has 2 aromatic carbocycles. The van der Waals surface area contributed by atoms with Crippen LogP contribution in [0.25, 0.3) is 0 Å². The van der Waals surface area contributed by atoms with Gasteiger partial charge in [-0.15, -0.1) is 0 Å². The van der Waals surface area contributed by atoms with Crippen molar-refractivity contribution in [3.05, 3.63) is 62.8 Å². The molecule has 0 saturated heterocycles. The smallest absolute Gasteiger partial charge is 0.255 e. The van der Waals surface area contributed by atoms with Gasteiger partial charge in [0.1, 0.15) is 5.82 Å². The van der Waals surface area contributed by atoms with Crippen LogP contribution in [0.1, 0.15) is 15.9 Å². The van der Waals surface area contributed by atoms with Crippen LogP contribution in [0, 0.1) is 12.7 Å². The highest BCUT2D eigenvalue weighted by molar-refractivity contribution is 9.10. The minimum Gasteiger partial charge on any atom is -0.322 e. The van der Waals surface area contributed by atoms with Crippen LogP contribution in [0.3, 0.4) is 0 Å². The Morgan fingerprint density at radius 2 is 2.00 bits per heavy atom. The number of carbonyl (C=O) groups excluding carboxylic acids is 1. The van der Waals surface area contributed by atoms with Gasteiger partial charge >= 0.3 is 0 Å². The van der Waals surface area contributed by atoms with E-state index in [0.717, 1.165) is 5.56 Å². The summed E-state index contributed by atoms with van der Waals surface area (Å²) in [6.07, 6.45) is 0. The summed E-state index contributed by atoms with van der Waals surface area (Å²) in [6.45, 7) is 1.80. The number of hydrogen-bond acceptors (Lipinski definition) is 1. The number of rotatable bonds is 2. The van der Waals surface area contributed by atoms with Gasteiger partial charge in [-0.3, -0.25) is 4.79 Å². The molecule has 5 heteroatoms. The minimum absolute atomic E-state index is 0.314. The van der Waals surface area contributed by atoms with Crippen molar-refractivity contribution in [2.75, 3.05) is 5.32 Å². The number of anilines is 1. The summed E-state index contributed by atoms with van der Waals surface area (Å²) in [5.74, 6) is -0.704. The number of carbonyl (C=O) groups is 1. The van der Waals surface area contributed by atoms with E-state index in [1.807, 2.05) is 0 Å². The van der Waals surface area contributed by atoms with E-state index in [1.165, 1.54) is 12.1 Å². The summed E-state index contributed by atoms with van der Waals surface area (Å²) < 4.78 is 13.8. The molecule has 0 saturated carbocycles. The van der Waals surface area contributed by atoms with Gasteiger partial charge in [0.2, 0.25) is 0 Å². The fraction of sp³-hybridized carbons (Fsp3) is 0.0714. The first-order valence-corrected chi connectivity index (χ1v) is 6.67. The molecule has 0 heterocycles. The maximum atomic E-state index is 13.1. The van der Waals surface area contributed by atoms with Crippen molar-refractivity contribution >= 4 is 39.1 Å². The summed E-state index contributed by atoms with van der Waals surface area (Å²) in [6, 6.07) is 9.10. The Hall–Kier alpha value is -1.39. The van der Waals surface area contributed by atoms with E-state index in [2.05, 4.69) is 21.2 Å². The van der Waals surface area contributed by atoms with E-state index in [1.54, 1.807) is 31.2 Å². The van der Waals surface area contributed by atoms with Gasteiger partial charge in [-0.05, 0) is 58.7 Å². The average molecular weight is 343 g/mol. The van der Waals surface area contributed by atoms with Crippen molar-refractivity contribution in [2.45, 2.75) is 6.92 Å². The number of halogens is 3. The van der Waals surface area contributed by atoms with E-state index in [9.17, 15) is 9.18 Å². The van der Waals surface area contributed by atoms with Crippen LogP contribution < -0.4 is 5.32 Å². The van der Waals surface area contributed by atoms with Crippen molar-refractivity contribution in [3.8, 4) is 0 Å². The van der Waals surface area contributed by atoms with Crippen molar-refractivity contribution < 1.29 is 9.18 Å². The molecular formula is C14H10BrClFNO. The van der Waals surface area contributed by atoms with Crippen LogP contribution in [0.5, 0.6) is 0 Å². The SMILES string of the molecule is Cc1ccc(F)cc1NC(=O)c1ccc(Cl)c(Br)c1. The lowest BCUT2D eigenvalue weighted by molar-refractivity contribution is 0.102. The number of amides is 1. The zero-order chi connectivity index (χ0) is 14.0. The first-order chi connectivity index (χ1) is 8.97. The highest BCUT2D eigenvalue weighted by atomic mass is 79.9. The molecule has 2 rings (SSSR count). The molecule has 0 aliphatic carbocycles. The molecule has 0 bridgehead atoms. The van der Waals surface area contributed by atoms with Crippen LogP contribution >= 0.6 is 27.5 Å². The van der Waals surface area contributed by atoms with Gasteiger partial charge in [0.15, 0.2) is 0 Å². The molecule has 0 radical (unpaired) electrons. The second kappa shape index (κ2) is 5.72. The molecule has 0 atom stereocenters. The Bertz CT molecular complexity index is 645. The van der Waals surface area contributed by atoms with Crippen LogP contribution in [0.4, 0.5) is 10.1 Å². The second-order valence-electron chi connectivity index (χ2n) is 4.04. The number of hydrogen-bond donors (Lipinski definition) is 1. The van der Waals surface area contributed by atoms with Crippen LogP contribution in [0.15, 0.2) is 40.9 Å². The summed E-state index contributed by atoms with van der Waals surface area (Å²) >= 11 is 9.12. The lowest BCUT2D eigenvalue weighted by Crippen LogP contribution is -2.13. The Morgan fingerprint density at radius 3 is 2.68 bits per heavy atom. The molecular weight excluding hydrogens is 333 g/mol. The Balaban J connectivity index is 2.25. The van der Waals surface area contributed by atoms with E-state index in [4.69, 9.17) is 11.6 Å². The van der Waals surface area contributed by atoms with E-state index < -0.39 is 5.82 Å². The normalized spacial score (nSPS) is 10.3. The maximum Gasteiger partial charge on any atom is 0.255 e. The number of aryl methyl sites for hydroxylation is 1. The minimum atomic E-state index is -0.391. The fourth-order valence-electron chi connectivity index (χ4n) is 1.56. The van der Waals surface area contributed by atoms with Crippen molar-refractivity contribution in [1.29, 1.82) is 0 Å². The molecule has 98 valence electrons. The van der Waals surface area contributed by atoms with Gasteiger partial charge in [-0.2, -0.15) is 0 Å². The molecule has 1 N–H and O–H groups in total. The van der Waals surface area contributed by atoms with Gasteiger partial charge in [-0.25, -0.2) is 4.39 Å². The number of nitrogens with one attached hydrogen (secondary N) is 1. The molecule has 19 heavy (non-hydrogen) atoms. The van der Waals surface area contributed by atoms with Gasteiger partial charge in [0, 0.05) is 15.7 Å². The molecule has 0 unspecified atom stereocenters. The molecule has 2 nitrogen and oxygen atoms in total. The third kappa shape index (κ3) is 3.33. The van der Waals surface area contributed by atoms with Gasteiger partial charge in [0.05, 0.1) is 5.02 Å². The molecule has 0 aromatic heterocycles. The molecule has 1 amide bonds. The standard InChI is InChI=1S/C14H10BrClFNO/c1-8-2-4-10(17)7-13(8)18-14(19)9-3-5-12(16)11(15)6-9/h2-7H,1H3,(H,18,19). The third-order valence-electron chi connectivity index (χ3n) is 2.63. The first kappa shape index (κ1) is 14.0. The molecule has 0 aliphatic rings. The van der Waals surface area contributed by atoms with Crippen molar-refractivity contribution in [3.63, 3.8) is 0 Å². The Kier molecular flexibility index (Phi) is 4.22. The molecule has 2 aromatic rings. The van der Waals surface area contributed by atoms with Crippen LogP contribution in [0.2, 0.25) is 5.02 Å². The zero-order valence-corrected chi connectivity index (χ0v) is 12.3. The van der Waals surface area contributed by atoms with Crippen LogP contribution in [-0.4, -0.2) is 5.91 Å². The molecule has 0 spiro atoms. The lowest BCUT2D eigenvalue weighted by atomic mass is 10.1. The third-order valence-corrected chi connectivity index (χ3v) is 3.84.